The molecule has 0 aliphatic rings. The van der Waals surface area contributed by atoms with Crippen LogP contribution in [0, 0.1) is 5.82 Å². The van der Waals surface area contributed by atoms with E-state index in [0.717, 1.165) is 5.56 Å². The standard InChI is InChI=1S/C15H13FN4O2/c1-10(11-6-8-17-9-7-11)19-20-15(22)14(21)18-13-4-2-12(16)3-5-13/h2-9H,1H3,(H,18,21)(H,20,22)/b19-10+. The molecule has 0 aliphatic carbocycles. The average molecular weight is 300 g/mol. The van der Waals surface area contributed by atoms with Crippen LogP contribution in [0.1, 0.15) is 12.5 Å². The summed E-state index contributed by atoms with van der Waals surface area (Å²) < 4.78 is 12.7. The lowest BCUT2D eigenvalue weighted by Gasteiger charge is -2.04. The third kappa shape index (κ3) is 4.20. The van der Waals surface area contributed by atoms with E-state index in [-0.39, 0.29) is 0 Å². The molecule has 1 aromatic heterocycles. The van der Waals surface area contributed by atoms with Crippen LogP contribution in [0.4, 0.5) is 10.1 Å². The van der Waals surface area contributed by atoms with Crippen LogP contribution in [0.2, 0.25) is 0 Å². The number of anilines is 1. The number of rotatable bonds is 3. The zero-order valence-corrected chi connectivity index (χ0v) is 11.7. The van der Waals surface area contributed by atoms with E-state index in [0.29, 0.717) is 11.4 Å². The van der Waals surface area contributed by atoms with Gasteiger partial charge in [-0.05, 0) is 43.3 Å². The van der Waals surface area contributed by atoms with Gasteiger partial charge in [-0.25, -0.2) is 9.82 Å². The van der Waals surface area contributed by atoms with Crippen molar-refractivity contribution in [3.8, 4) is 0 Å². The molecule has 1 aromatic carbocycles. The molecule has 2 N–H and O–H groups in total. The quantitative estimate of drug-likeness (QED) is 0.514. The summed E-state index contributed by atoms with van der Waals surface area (Å²) in [6, 6.07) is 8.52. The Morgan fingerprint density at radius 3 is 2.32 bits per heavy atom. The predicted octanol–water partition coefficient (Wildman–Crippen LogP) is 1.70. The van der Waals surface area contributed by atoms with Crippen LogP contribution < -0.4 is 10.7 Å². The number of nitrogens with one attached hydrogen (secondary N) is 2. The van der Waals surface area contributed by atoms with Crippen LogP contribution in [-0.4, -0.2) is 22.5 Å². The van der Waals surface area contributed by atoms with E-state index < -0.39 is 17.6 Å². The third-order valence-corrected chi connectivity index (χ3v) is 2.73. The van der Waals surface area contributed by atoms with Gasteiger partial charge in [0.25, 0.3) is 0 Å². The Labute approximate surface area is 126 Å². The lowest BCUT2D eigenvalue weighted by molar-refractivity contribution is -0.136. The summed E-state index contributed by atoms with van der Waals surface area (Å²) in [5.74, 6) is -2.24. The molecule has 7 heteroatoms. The van der Waals surface area contributed by atoms with Gasteiger partial charge in [0.05, 0.1) is 5.71 Å². The number of aromatic nitrogens is 1. The molecule has 2 rings (SSSR count). The molecule has 0 unspecified atom stereocenters. The molecule has 22 heavy (non-hydrogen) atoms. The minimum atomic E-state index is -0.919. The Morgan fingerprint density at radius 1 is 1.05 bits per heavy atom. The van der Waals surface area contributed by atoms with Crippen molar-refractivity contribution < 1.29 is 14.0 Å². The highest BCUT2D eigenvalue weighted by Crippen LogP contribution is 2.07. The van der Waals surface area contributed by atoms with Gasteiger partial charge in [-0.2, -0.15) is 5.10 Å². The normalized spacial score (nSPS) is 10.9. The SMILES string of the molecule is C/C(=N\NC(=O)C(=O)Nc1ccc(F)cc1)c1ccncc1. The van der Waals surface area contributed by atoms with E-state index in [1.54, 1.807) is 31.5 Å². The van der Waals surface area contributed by atoms with Crippen LogP contribution in [-0.2, 0) is 9.59 Å². The van der Waals surface area contributed by atoms with E-state index in [2.05, 4.69) is 20.8 Å². The van der Waals surface area contributed by atoms with Crippen LogP contribution in [0.3, 0.4) is 0 Å². The maximum atomic E-state index is 12.7. The number of hydrazone groups is 1. The predicted molar refractivity (Wildman–Crippen MR) is 79.6 cm³/mol. The summed E-state index contributed by atoms with van der Waals surface area (Å²) in [5.41, 5.74) is 3.78. The van der Waals surface area contributed by atoms with Gasteiger partial charge in [-0.1, -0.05) is 0 Å². The highest BCUT2D eigenvalue weighted by Gasteiger charge is 2.13. The minimum absolute atomic E-state index is 0.316. The summed E-state index contributed by atoms with van der Waals surface area (Å²) in [4.78, 5) is 27.2. The number of carbonyl (C=O) groups excluding carboxylic acids is 2. The molecule has 0 bridgehead atoms. The second-order valence-electron chi connectivity index (χ2n) is 4.34. The maximum absolute atomic E-state index is 12.7. The van der Waals surface area contributed by atoms with Gasteiger partial charge >= 0.3 is 11.8 Å². The Bertz CT molecular complexity index is 699. The molecule has 0 radical (unpaired) electrons. The van der Waals surface area contributed by atoms with Gasteiger partial charge < -0.3 is 5.32 Å². The monoisotopic (exact) mass is 300 g/mol. The molecular formula is C15H13FN4O2. The fourth-order valence-corrected chi connectivity index (χ4v) is 1.56. The van der Waals surface area contributed by atoms with Gasteiger partial charge in [0.15, 0.2) is 0 Å². The number of amides is 2. The molecular weight excluding hydrogens is 287 g/mol. The van der Waals surface area contributed by atoms with Crippen molar-refractivity contribution in [3.05, 3.63) is 60.2 Å². The molecule has 0 aliphatic heterocycles. The van der Waals surface area contributed by atoms with Crippen LogP contribution in [0.25, 0.3) is 0 Å². The van der Waals surface area contributed by atoms with Gasteiger partial charge in [-0.15, -0.1) is 0 Å². The van der Waals surface area contributed by atoms with Crippen molar-refractivity contribution >= 4 is 23.2 Å². The number of nitrogens with zero attached hydrogens (tertiary/aromatic N) is 2. The zero-order valence-electron chi connectivity index (χ0n) is 11.7. The van der Waals surface area contributed by atoms with Gasteiger partial charge in [-0.3, -0.25) is 14.6 Å². The summed E-state index contributed by atoms with van der Waals surface area (Å²) in [6.07, 6.45) is 3.19. The molecule has 112 valence electrons. The van der Waals surface area contributed by atoms with E-state index >= 15 is 0 Å². The first-order valence-corrected chi connectivity index (χ1v) is 6.38. The number of hydrogen-bond donors (Lipinski definition) is 2. The van der Waals surface area contributed by atoms with Crippen LogP contribution in [0.5, 0.6) is 0 Å². The first-order valence-electron chi connectivity index (χ1n) is 6.38. The highest BCUT2D eigenvalue weighted by atomic mass is 19.1. The van der Waals surface area contributed by atoms with Crippen molar-refractivity contribution in [3.63, 3.8) is 0 Å². The number of benzene rings is 1. The lowest BCUT2D eigenvalue weighted by Crippen LogP contribution is -2.32. The number of hydrogen-bond acceptors (Lipinski definition) is 4. The lowest BCUT2D eigenvalue weighted by atomic mass is 10.2. The molecule has 0 spiro atoms. The van der Waals surface area contributed by atoms with Crippen molar-refractivity contribution in [2.45, 2.75) is 6.92 Å². The summed E-state index contributed by atoms with van der Waals surface area (Å²) in [7, 11) is 0. The fourth-order valence-electron chi connectivity index (χ4n) is 1.56. The van der Waals surface area contributed by atoms with Crippen LogP contribution >= 0.6 is 0 Å². The second kappa shape index (κ2) is 7.07. The smallest absolute Gasteiger partial charge is 0.318 e. The van der Waals surface area contributed by atoms with E-state index in [4.69, 9.17) is 0 Å². The topological polar surface area (TPSA) is 83.5 Å². The molecule has 6 nitrogen and oxygen atoms in total. The van der Waals surface area contributed by atoms with E-state index in [1.165, 1.54) is 24.3 Å². The Balaban J connectivity index is 1.94. The first-order chi connectivity index (χ1) is 10.6. The van der Waals surface area contributed by atoms with Gasteiger partial charge in [0, 0.05) is 23.6 Å². The van der Waals surface area contributed by atoms with E-state index in [1.807, 2.05) is 0 Å². The van der Waals surface area contributed by atoms with E-state index in [9.17, 15) is 14.0 Å². The average Bonchev–Trinajstić information content (AvgIpc) is 2.55. The molecule has 2 amide bonds. The first kappa shape index (κ1) is 15.3. The third-order valence-electron chi connectivity index (χ3n) is 2.73. The van der Waals surface area contributed by atoms with Gasteiger partial charge in [0.2, 0.25) is 0 Å². The Morgan fingerprint density at radius 2 is 1.68 bits per heavy atom. The summed E-state index contributed by atoms with van der Waals surface area (Å²) in [5, 5.41) is 6.18. The fraction of sp³-hybridized carbons (Fsp3) is 0.0667. The van der Waals surface area contributed by atoms with Crippen molar-refractivity contribution in [2.24, 2.45) is 5.10 Å². The highest BCUT2D eigenvalue weighted by molar-refractivity contribution is 6.39. The largest absolute Gasteiger partial charge is 0.329 e. The summed E-state index contributed by atoms with van der Waals surface area (Å²) >= 11 is 0. The van der Waals surface area contributed by atoms with Crippen LogP contribution in [0.15, 0.2) is 53.9 Å². The molecule has 2 aromatic rings. The molecule has 0 atom stereocenters. The zero-order chi connectivity index (χ0) is 15.9. The van der Waals surface area contributed by atoms with Crippen molar-refractivity contribution in [1.82, 2.24) is 10.4 Å². The molecule has 0 saturated heterocycles. The van der Waals surface area contributed by atoms with Crippen molar-refractivity contribution in [2.75, 3.05) is 5.32 Å². The Kier molecular flexibility index (Phi) is 4.92. The number of pyridine rings is 1. The van der Waals surface area contributed by atoms with Gasteiger partial charge in [0.1, 0.15) is 5.82 Å². The molecule has 0 saturated carbocycles. The molecule has 1 heterocycles. The minimum Gasteiger partial charge on any atom is -0.318 e. The number of carbonyl (C=O) groups is 2. The second-order valence-corrected chi connectivity index (χ2v) is 4.34. The number of halogens is 1. The maximum Gasteiger partial charge on any atom is 0.329 e. The van der Waals surface area contributed by atoms with Crippen molar-refractivity contribution in [1.29, 1.82) is 0 Å². The molecule has 0 fully saturated rings. The Hall–Kier alpha value is -3.09. The summed E-state index contributed by atoms with van der Waals surface area (Å²) in [6.45, 7) is 1.69.